The van der Waals surface area contributed by atoms with Gasteiger partial charge in [-0.15, -0.1) is 0 Å². The van der Waals surface area contributed by atoms with Crippen LogP contribution in [0.5, 0.6) is 0 Å². The molecule has 0 spiro atoms. The van der Waals surface area contributed by atoms with E-state index in [1.807, 2.05) is 13.8 Å². The van der Waals surface area contributed by atoms with Gasteiger partial charge in [0.25, 0.3) is 0 Å². The number of nitrogens with one attached hydrogen (secondary N) is 1. The first-order valence-corrected chi connectivity index (χ1v) is 8.24. The summed E-state index contributed by atoms with van der Waals surface area (Å²) in [6, 6.07) is 1.70. The molecule has 1 unspecified atom stereocenters. The molecule has 1 aliphatic heterocycles. The summed E-state index contributed by atoms with van der Waals surface area (Å²) in [4.78, 5) is 4.46. The van der Waals surface area contributed by atoms with Gasteiger partial charge in [0, 0.05) is 6.04 Å². The van der Waals surface area contributed by atoms with Gasteiger partial charge >= 0.3 is 0 Å². The number of rotatable bonds is 3. The molecule has 126 valence electrons. The van der Waals surface area contributed by atoms with Crippen LogP contribution < -0.4 is 5.32 Å². The van der Waals surface area contributed by atoms with Gasteiger partial charge < -0.3 is 20.3 Å². The monoisotopic (exact) mass is 379 g/mol. The van der Waals surface area contributed by atoms with Crippen molar-refractivity contribution in [3.63, 3.8) is 0 Å². The van der Waals surface area contributed by atoms with Crippen LogP contribution in [-0.2, 0) is 4.74 Å². The van der Waals surface area contributed by atoms with E-state index in [2.05, 4.69) is 10.3 Å². The molecule has 3 atom stereocenters. The van der Waals surface area contributed by atoms with Crippen molar-refractivity contribution in [2.75, 3.05) is 11.9 Å². The molecule has 2 aromatic rings. The van der Waals surface area contributed by atoms with E-state index in [4.69, 9.17) is 39.5 Å². The van der Waals surface area contributed by atoms with Crippen molar-refractivity contribution in [3.8, 4) is 0 Å². The van der Waals surface area contributed by atoms with Crippen LogP contribution in [0, 0.1) is 0 Å². The third kappa shape index (κ3) is 2.88. The molecule has 1 fully saturated rings. The lowest BCUT2D eigenvalue weighted by atomic mass is 10.2. The Morgan fingerprint density at radius 3 is 2.57 bits per heavy atom. The fourth-order valence-corrected chi connectivity index (χ4v) is 3.20. The maximum atomic E-state index is 10.2. The minimum absolute atomic E-state index is 0.0294. The average molecular weight is 381 g/mol. The maximum absolute atomic E-state index is 10.2. The Morgan fingerprint density at radius 1 is 1.30 bits per heavy atom. The van der Waals surface area contributed by atoms with E-state index in [0.29, 0.717) is 17.0 Å². The van der Waals surface area contributed by atoms with Gasteiger partial charge in [0.1, 0.15) is 17.7 Å². The van der Waals surface area contributed by atoms with Crippen molar-refractivity contribution in [2.45, 2.75) is 38.3 Å². The number of nitrogens with zero attached hydrogens (tertiary/aromatic N) is 2. The van der Waals surface area contributed by atoms with E-state index in [1.165, 1.54) is 0 Å². The van der Waals surface area contributed by atoms with Crippen molar-refractivity contribution in [2.24, 2.45) is 0 Å². The van der Waals surface area contributed by atoms with E-state index in [0.717, 1.165) is 0 Å². The molecular formula is C14H16Cl3N3O3. The molecule has 1 aromatic heterocycles. The Bertz CT molecular complexity index is 750. The zero-order chi connectivity index (χ0) is 16.9. The summed E-state index contributed by atoms with van der Waals surface area (Å²) in [5.41, 5.74) is 1.01. The third-order valence-corrected chi connectivity index (χ3v) is 4.87. The molecule has 1 aromatic carbocycles. The molecule has 0 aliphatic carbocycles. The second kappa shape index (κ2) is 6.27. The number of benzene rings is 1. The van der Waals surface area contributed by atoms with Crippen molar-refractivity contribution in [1.82, 2.24) is 9.55 Å². The number of hydrogen-bond donors (Lipinski definition) is 3. The SMILES string of the molecule is CC(C)Nc1nc2c(Cl)c(Cl)c(Cl)cc2n1C1OC[C@H](O)[C@@H]1O. The fourth-order valence-electron chi connectivity index (χ4n) is 2.57. The van der Waals surface area contributed by atoms with Gasteiger partial charge in [-0.25, -0.2) is 4.98 Å². The van der Waals surface area contributed by atoms with Crippen molar-refractivity contribution < 1.29 is 14.9 Å². The standard InChI is InChI=1S/C14H16Cl3N3O3/c1-5(2)18-14-19-11-7(3-6(15)9(16)10(11)17)20(14)13-12(22)8(21)4-23-13/h3,5,8,12-13,21-22H,4H2,1-2H3,(H,18,19)/t8-,12-,13?/m0/s1. The summed E-state index contributed by atoms with van der Waals surface area (Å²) in [5, 5.41) is 23.9. The topological polar surface area (TPSA) is 79.5 Å². The second-order valence-electron chi connectivity index (χ2n) is 5.74. The predicted octanol–water partition coefficient (Wildman–Crippen LogP) is 3.07. The van der Waals surface area contributed by atoms with Crippen LogP contribution in [0.25, 0.3) is 11.0 Å². The highest BCUT2D eigenvalue weighted by Crippen LogP contribution is 2.40. The maximum Gasteiger partial charge on any atom is 0.206 e. The number of halogens is 3. The number of hydrogen-bond acceptors (Lipinski definition) is 5. The molecule has 0 radical (unpaired) electrons. The lowest BCUT2D eigenvalue weighted by molar-refractivity contribution is -0.0148. The largest absolute Gasteiger partial charge is 0.388 e. The van der Waals surface area contributed by atoms with Gasteiger partial charge in [0.15, 0.2) is 6.23 Å². The Morgan fingerprint density at radius 2 is 2.00 bits per heavy atom. The number of anilines is 1. The quantitative estimate of drug-likeness (QED) is 0.713. The first kappa shape index (κ1) is 17.1. The lowest BCUT2D eigenvalue weighted by Crippen LogP contribution is -2.29. The van der Waals surface area contributed by atoms with Crippen molar-refractivity contribution >= 4 is 51.8 Å². The number of imidazole rings is 1. The van der Waals surface area contributed by atoms with Crippen LogP contribution in [-0.4, -0.2) is 44.6 Å². The average Bonchev–Trinajstić information content (AvgIpc) is 2.98. The Hall–Kier alpha value is -0.760. The van der Waals surface area contributed by atoms with Crippen LogP contribution >= 0.6 is 34.8 Å². The van der Waals surface area contributed by atoms with E-state index in [9.17, 15) is 10.2 Å². The summed E-state index contributed by atoms with van der Waals surface area (Å²) in [6.07, 6.45) is -2.86. The number of aliphatic hydroxyl groups is 2. The lowest BCUT2D eigenvalue weighted by Gasteiger charge is -2.21. The Labute approximate surface area is 147 Å². The van der Waals surface area contributed by atoms with Gasteiger partial charge in [-0.3, -0.25) is 4.57 Å². The normalized spacial score (nSPS) is 24.8. The highest BCUT2D eigenvalue weighted by atomic mass is 35.5. The van der Waals surface area contributed by atoms with Crippen LogP contribution in [0.4, 0.5) is 5.95 Å². The molecule has 3 N–H and O–H groups in total. The summed E-state index contributed by atoms with van der Waals surface area (Å²) < 4.78 is 7.17. The zero-order valence-electron chi connectivity index (χ0n) is 12.4. The fraction of sp³-hybridized carbons (Fsp3) is 0.500. The predicted molar refractivity (Wildman–Crippen MR) is 90.5 cm³/mol. The van der Waals surface area contributed by atoms with Crippen molar-refractivity contribution in [1.29, 1.82) is 0 Å². The molecular weight excluding hydrogens is 365 g/mol. The Kier molecular flexibility index (Phi) is 4.66. The summed E-state index contributed by atoms with van der Waals surface area (Å²) in [6.45, 7) is 3.93. The minimum Gasteiger partial charge on any atom is -0.388 e. The molecule has 0 amide bonds. The van der Waals surface area contributed by atoms with Gasteiger partial charge in [0.05, 0.1) is 27.2 Å². The van der Waals surface area contributed by atoms with Crippen LogP contribution in [0.1, 0.15) is 20.1 Å². The zero-order valence-corrected chi connectivity index (χ0v) is 14.7. The van der Waals surface area contributed by atoms with Crippen LogP contribution in [0.3, 0.4) is 0 Å². The van der Waals surface area contributed by atoms with Gasteiger partial charge in [0.2, 0.25) is 5.95 Å². The molecule has 23 heavy (non-hydrogen) atoms. The van der Waals surface area contributed by atoms with E-state index in [-0.39, 0.29) is 27.7 Å². The number of aromatic nitrogens is 2. The van der Waals surface area contributed by atoms with Gasteiger partial charge in [-0.2, -0.15) is 0 Å². The van der Waals surface area contributed by atoms with Crippen LogP contribution in [0.15, 0.2) is 6.07 Å². The van der Waals surface area contributed by atoms with Crippen LogP contribution in [0.2, 0.25) is 15.1 Å². The molecule has 1 saturated heterocycles. The second-order valence-corrected chi connectivity index (χ2v) is 6.90. The van der Waals surface area contributed by atoms with Crippen molar-refractivity contribution in [3.05, 3.63) is 21.1 Å². The summed E-state index contributed by atoms with van der Waals surface area (Å²) >= 11 is 18.5. The van der Waals surface area contributed by atoms with E-state index >= 15 is 0 Å². The first-order chi connectivity index (χ1) is 10.8. The smallest absolute Gasteiger partial charge is 0.206 e. The molecule has 6 nitrogen and oxygen atoms in total. The number of ether oxygens (including phenoxy) is 1. The number of aliphatic hydroxyl groups excluding tert-OH is 2. The van der Waals surface area contributed by atoms with E-state index < -0.39 is 18.4 Å². The van der Waals surface area contributed by atoms with Gasteiger partial charge in [-0.1, -0.05) is 34.8 Å². The molecule has 9 heteroatoms. The highest BCUT2D eigenvalue weighted by molar-refractivity contribution is 6.50. The van der Waals surface area contributed by atoms with Gasteiger partial charge in [-0.05, 0) is 19.9 Å². The number of fused-ring (bicyclic) bond motifs is 1. The third-order valence-electron chi connectivity index (χ3n) is 3.62. The minimum atomic E-state index is -1.09. The molecule has 2 heterocycles. The Balaban J connectivity index is 2.24. The summed E-state index contributed by atoms with van der Waals surface area (Å²) in [5.74, 6) is 0.452. The summed E-state index contributed by atoms with van der Waals surface area (Å²) in [7, 11) is 0. The molecule has 3 rings (SSSR count). The molecule has 0 bridgehead atoms. The molecule has 1 aliphatic rings. The first-order valence-electron chi connectivity index (χ1n) is 7.11. The highest BCUT2D eigenvalue weighted by Gasteiger charge is 2.38. The molecule has 0 saturated carbocycles. The van der Waals surface area contributed by atoms with E-state index in [1.54, 1.807) is 10.6 Å².